The van der Waals surface area contributed by atoms with Gasteiger partial charge in [0.2, 0.25) is 11.9 Å². The van der Waals surface area contributed by atoms with Crippen molar-refractivity contribution in [1.82, 2.24) is 15.3 Å². The highest BCUT2D eigenvalue weighted by Gasteiger charge is 2.18. The van der Waals surface area contributed by atoms with Gasteiger partial charge >= 0.3 is 0 Å². The van der Waals surface area contributed by atoms with Crippen LogP contribution >= 0.6 is 0 Å². The van der Waals surface area contributed by atoms with E-state index in [1.807, 2.05) is 30.0 Å². The zero-order chi connectivity index (χ0) is 21.5. The molecule has 2 heterocycles. The summed E-state index contributed by atoms with van der Waals surface area (Å²) in [5.74, 6) is 1.20. The van der Waals surface area contributed by atoms with E-state index in [4.69, 9.17) is 4.74 Å². The van der Waals surface area contributed by atoms with Crippen molar-refractivity contribution in [1.29, 1.82) is 0 Å². The molecule has 162 valence electrons. The van der Waals surface area contributed by atoms with E-state index in [9.17, 15) is 9.59 Å². The minimum atomic E-state index is -0.166. The summed E-state index contributed by atoms with van der Waals surface area (Å²) in [5, 5.41) is 3.04. The Labute approximate surface area is 177 Å². The monoisotopic (exact) mass is 412 g/mol. The van der Waals surface area contributed by atoms with Gasteiger partial charge in [0.05, 0.1) is 13.2 Å². The van der Waals surface area contributed by atoms with Crippen LogP contribution in [-0.2, 0) is 16.0 Å². The number of H-pyrrole nitrogens is 1. The molecule has 1 aromatic heterocycles. The second-order valence-electron chi connectivity index (χ2n) is 8.12. The number of anilines is 1. The molecule has 0 saturated carbocycles. The summed E-state index contributed by atoms with van der Waals surface area (Å²) >= 11 is 0. The van der Waals surface area contributed by atoms with Gasteiger partial charge in [-0.05, 0) is 24.8 Å². The van der Waals surface area contributed by atoms with E-state index < -0.39 is 0 Å². The lowest BCUT2D eigenvalue weighted by Crippen LogP contribution is -2.38. The molecule has 1 amide bonds. The van der Waals surface area contributed by atoms with Crippen LogP contribution < -0.4 is 15.8 Å². The van der Waals surface area contributed by atoms with Crippen LogP contribution in [0.1, 0.15) is 43.0 Å². The van der Waals surface area contributed by atoms with E-state index in [1.54, 1.807) is 0 Å². The van der Waals surface area contributed by atoms with E-state index in [0.29, 0.717) is 62.4 Å². The maximum absolute atomic E-state index is 12.6. The zero-order valence-electron chi connectivity index (χ0n) is 18.1. The first kappa shape index (κ1) is 22.0. The minimum absolute atomic E-state index is 0.0485. The predicted molar refractivity (Wildman–Crippen MR) is 118 cm³/mol. The first-order valence-electron chi connectivity index (χ1n) is 10.7. The molecule has 2 N–H and O–H groups in total. The number of hydrogen-bond donors (Lipinski definition) is 2. The molecule has 1 atom stereocenters. The molecular formula is C23H32N4O3. The maximum atomic E-state index is 12.6. The first-order chi connectivity index (χ1) is 14.5. The molecule has 1 aliphatic rings. The summed E-state index contributed by atoms with van der Waals surface area (Å²) in [6.07, 6.45) is 0.642. The fourth-order valence-corrected chi connectivity index (χ4v) is 3.80. The normalized spacial score (nSPS) is 15.3. The molecule has 7 heteroatoms. The molecule has 0 bridgehead atoms. The summed E-state index contributed by atoms with van der Waals surface area (Å²) in [6, 6.07) is 10.2. The molecule has 30 heavy (non-hydrogen) atoms. The van der Waals surface area contributed by atoms with E-state index in [2.05, 4.69) is 41.3 Å². The summed E-state index contributed by atoms with van der Waals surface area (Å²) in [4.78, 5) is 34.5. The number of hydrogen-bond acceptors (Lipinski definition) is 5. The summed E-state index contributed by atoms with van der Waals surface area (Å²) in [7, 11) is 0. The Balaban J connectivity index is 1.57. The van der Waals surface area contributed by atoms with Crippen LogP contribution in [0.25, 0.3) is 0 Å². The molecule has 0 radical (unpaired) electrons. The van der Waals surface area contributed by atoms with E-state index in [1.165, 1.54) is 5.56 Å². The predicted octanol–water partition coefficient (Wildman–Crippen LogP) is 2.40. The highest BCUT2D eigenvalue weighted by molar-refractivity contribution is 5.76. The average molecular weight is 413 g/mol. The number of aromatic amines is 1. The van der Waals surface area contributed by atoms with Crippen LogP contribution in [0.2, 0.25) is 0 Å². The highest BCUT2D eigenvalue weighted by atomic mass is 16.5. The third-order valence-electron chi connectivity index (χ3n) is 5.67. The van der Waals surface area contributed by atoms with Crippen LogP contribution in [0.15, 0.2) is 35.1 Å². The second-order valence-corrected chi connectivity index (χ2v) is 8.12. The molecule has 3 rings (SSSR count). The minimum Gasteiger partial charge on any atom is -0.378 e. The van der Waals surface area contributed by atoms with Crippen molar-refractivity contribution in [2.75, 3.05) is 37.7 Å². The van der Waals surface area contributed by atoms with Crippen LogP contribution in [0.5, 0.6) is 0 Å². The van der Waals surface area contributed by atoms with Gasteiger partial charge in [-0.15, -0.1) is 0 Å². The first-order valence-corrected chi connectivity index (χ1v) is 10.7. The van der Waals surface area contributed by atoms with Gasteiger partial charge in [0, 0.05) is 43.2 Å². The average Bonchev–Trinajstić information content (AvgIpc) is 2.74. The van der Waals surface area contributed by atoms with Crippen molar-refractivity contribution in [2.24, 2.45) is 5.92 Å². The molecule has 1 saturated heterocycles. The lowest BCUT2D eigenvalue weighted by Gasteiger charge is -2.27. The zero-order valence-corrected chi connectivity index (χ0v) is 18.1. The molecule has 2 aromatic rings. The summed E-state index contributed by atoms with van der Waals surface area (Å²) in [6.45, 7) is 9.42. The van der Waals surface area contributed by atoms with Gasteiger partial charge in [0.15, 0.2) is 0 Å². The molecule has 0 spiro atoms. The number of amides is 1. The lowest BCUT2D eigenvalue weighted by molar-refractivity contribution is -0.121. The van der Waals surface area contributed by atoms with Crippen LogP contribution in [0.3, 0.4) is 0 Å². The molecule has 0 aliphatic carbocycles. The van der Waals surface area contributed by atoms with Crippen LogP contribution in [0.4, 0.5) is 5.95 Å². The number of rotatable bonds is 8. The van der Waals surface area contributed by atoms with Gasteiger partial charge < -0.3 is 15.0 Å². The topological polar surface area (TPSA) is 87.3 Å². The number of aryl methyl sites for hydroxylation is 1. The van der Waals surface area contributed by atoms with Crippen molar-refractivity contribution in [3.8, 4) is 0 Å². The summed E-state index contributed by atoms with van der Waals surface area (Å²) < 4.78 is 5.35. The van der Waals surface area contributed by atoms with Gasteiger partial charge in [0.25, 0.3) is 5.56 Å². The number of nitrogens with one attached hydrogen (secondary N) is 2. The number of nitrogens with zero attached hydrogens (tertiary/aromatic N) is 2. The van der Waals surface area contributed by atoms with E-state index in [0.717, 1.165) is 0 Å². The SMILES string of the molecule is Cc1nc(N2CCOCC2)[nH]c(=O)c1CCC(=O)NCC(c1ccccc1)C(C)C. The van der Waals surface area contributed by atoms with Crippen molar-refractivity contribution < 1.29 is 9.53 Å². The quantitative estimate of drug-likeness (QED) is 0.695. The molecule has 1 unspecified atom stereocenters. The number of aromatic nitrogens is 2. The van der Waals surface area contributed by atoms with Gasteiger partial charge in [-0.2, -0.15) is 0 Å². The molecule has 1 fully saturated rings. The van der Waals surface area contributed by atoms with Crippen LogP contribution in [-0.4, -0.2) is 48.7 Å². The lowest BCUT2D eigenvalue weighted by atomic mass is 9.88. The Bertz CT molecular complexity index is 889. The Hall–Kier alpha value is -2.67. The van der Waals surface area contributed by atoms with E-state index >= 15 is 0 Å². The number of carbonyl (C=O) groups excluding carboxylic acids is 1. The number of ether oxygens (including phenoxy) is 1. The molecule has 1 aliphatic heterocycles. The third-order valence-corrected chi connectivity index (χ3v) is 5.67. The van der Waals surface area contributed by atoms with Crippen molar-refractivity contribution in [3.05, 3.63) is 57.5 Å². The van der Waals surface area contributed by atoms with Gasteiger partial charge in [-0.25, -0.2) is 4.98 Å². The van der Waals surface area contributed by atoms with Crippen molar-refractivity contribution in [3.63, 3.8) is 0 Å². The van der Waals surface area contributed by atoms with Gasteiger partial charge in [-0.1, -0.05) is 44.2 Å². The standard InChI is InChI=1S/C23H32N4O3/c1-16(2)20(18-7-5-4-6-8-18)15-24-21(28)10-9-19-17(3)25-23(26-22(19)29)27-11-13-30-14-12-27/h4-8,16,20H,9-15H2,1-3H3,(H,24,28)(H,25,26,29). The number of benzene rings is 1. The maximum Gasteiger partial charge on any atom is 0.255 e. The Morgan fingerprint density at radius 2 is 1.93 bits per heavy atom. The fraction of sp³-hybridized carbons (Fsp3) is 0.522. The molecule has 1 aromatic carbocycles. The molecule has 7 nitrogen and oxygen atoms in total. The second kappa shape index (κ2) is 10.4. The number of carbonyl (C=O) groups is 1. The van der Waals surface area contributed by atoms with Crippen LogP contribution in [0, 0.1) is 12.8 Å². The Morgan fingerprint density at radius 1 is 1.23 bits per heavy atom. The van der Waals surface area contributed by atoms with Crippen molar-refractivity contribution >= 4 is 11.9 Å². The largest absolute Gasteiger partial charge is 0.378 e. The highest BCUT2D eigenvalue weighted by Crippen LogP contribution is 2.23. The van der Waals surface area contributed by atoms with Gasteiger partial charge in [0.1, 0.15) is 0 Å². The Kier molecular flexibility index (Phi) is 7.63. The fourth-order valence-electron chi connectivity index (χ4n) is 3.80. The van der Waals surface area contributed by atoms with Gasteiger partial charge in [-0.3, -0.25) is 14.6 Å². The number of morpholine rings is 1. The summed E-state index contributed by atoms with van der Waals surface area (Å²) in [5.41, 5.74) is 2.31. The third kappa shape index (κ3) is 5.69. The Morgan fingerprint density at radius 3 is 2.57 bits per heavy atom. The van der Waals surface area contributed by atoms with E-state index in [-0.39, 0.29) is 23.8 Å². The molecular weight excluding hydrogens is 380 g/mol. The van der Waals surface area contributed by atoms with Crippen molar-refractivity contribution in [2.45, 2.75) is 39.5 Å². The smallest absolute Gasteiger partial charge is 0.255 e.